The second-order valence-corrected chi connectivity index (χ2v) is 8.35. The number of hydrogen-bond donors (Lipinski definition) is 2. The molecule has 32 heavy (non-hydrogen) atoms. The molecule has 0 aliphatic heterocycles. The largest absolute Gasteiger partial charge is 0.478 e. The van der Waals surface area contributed by atoms with Crippen molar-refractivity contribution in [2.24, 2.45) is 11.3 Å². The molecule has 2 N–H and O–H groups in total. The number of carbonyl (C=O) groups is 2. The number of aliphatic carboxylic acids is 2. The zero-order valence-electron chi connectivity index (χ0n) is 19.7. The molecule has 0 fully saturated rings. The molecule has 4 nitrogen and oxygen atoms in total. The summed E-state index contributed by atoms with van der Waals surface area (Å²) in [5, 5.41) is 18.1. The molecule has 4 heteroatoms. The van der Waals surface area contributed by atoms with Crippen LogP contribution in [0.1, 0.15) is 57.6 Å². The van der Waals surface area contributed by atoms with Crippen molar-refractivity contribution in [1.82, 2.24) is 0 Å². The van der Waals surface area contributed by atoms with E-state index in [-0.39, 0.29) is 16.9 Å². The Hall–Kier alpha value is -3.14. The van der Waals surface area contributed by atoms with Gasteiger partial charge in [0.2, 0.25) is 0 Å². The van der Waals surface area contributed by atoms with Crippen LogP contribution in [0.4, 0.5) is 0 Å². The lowest BCUT2D eigenvalue weighted by molar-refractivity contribution is -0.134. The average Bonchev–Trinajstić information content (AvgIpc) is 2.82. The fraction of sp³-hybridized carbons (Fsp3) is 0.357. The smallest absolute Gasteiger partial charge is 0.331 e. The molecule has 0 aliphatic rings. The molecule has 0 amide bonds. The molecular weight excluding hydrogens is 400 g/mol. The molecule has 2 aromatic rings. The van der Waals surface area contributed by atoms with Gasteiger partial charge in [-0.2, -0.15) is 0 Å². The molecule has 2 rings (SSSR count). The molecule has 0 saturated heterocycles. The highest BCUT2D eigenvalue weighted by Gasteiger charge is 2.34. The summed E-state index contributed by atoms with van der Waals surface area (Å²) in [5.74, 6) is -1.64. The second kappa shape index (κ2) is 12.7. The summed E-state index contributed by atoms with van der Waals surface area (Å²) in [7, 11) is 0. The van der Waals surface area contributed by atoms with Gasteiger partial charge in [0.05, 0.1) is 0 Å². The molecule has 3 unspecified atom stereocenters. The molecule has 3 atom stereocenters. The molecule has 0 spiro atoms. The minimum atomic E-state index is -0.940. The fourth-order valence-corrected chi connectivity index (χ4v) is 3.68. The van der Waals surface area contributed by atoms with Gasteiger partial charge in [-0.25, -0.2) is 9.59 Å². The summed E-state index contributed by atoms with van der Waals surface area (Å²) < 4.78 is 0. The van der Waals surface area contributed by atoms with Crippen molar-refractivity contribution in [2.45, 2.75) is 52.9 Å². The maximum Gasteiger partial charge on any atom is 0.331 e. The van der Waals surface area contributed by atoms with E-state index in [1.165, 1.54) is 0 Å². The first kappa shape index (κ1) is 26.9. The van der Waals surface area contributed by atoms with Crippen LogP contribution < -0.4 is 0 Å². The van der Waals surface area contributed by atoms with Crippen molar-refractivity contribution in [2.75, 3.05) is 0 Å². The molecule has 0 aromatic heterocycles. The van der Waals surface area contributed by atoms with Crippen LogP contribution in [0.2, 0.25) is 0 Å². The van der Waals surface area contributed by atoms with Crippen molar-refractivity contribution in [1.29, 1.82) is 0 Å². The summed E-state index contributed by atoms with van der Waals surface area (Å²) in [6.07, 6.45) is 2.46. The fourth-order valence-electron chi connectivity index (χ4n) is 3.68. The summed E-state index contributed by atoms with van der Waals surface area (Å²) in [4.78, 5) is 22.0. The van der Waals surface area contributed by atoms with Gasteiger partial charge >= 0.3 is 11.9 Å². The van der Waals surface area contributed by atoms with Crippen LogP contribution in [0.5, 0.6) is 0 Å². The van der Waals surface area contributed by atoms with E-state index in [1.54, 1.807) is 0 Å². The Balaban J connectivity index is 0.000000347. The summed E-state index contributed by atoms with van der Waals surface area (Å²) >= 11 is 0. The van der Waals surface area contributed by atoms with E-state index in [0.29, 0.717) is 17.9 Å². The van der Waals surface area contributed by atoms with Crippen molar-refractivity contribution in [3.8, 4) is 0 Å². The molecule has 0 bridgehead atoms. The highest BCUT2D eigenvalue weighted by molar-refractivity contribution is 5.88. The predicted molar refractivity (Wildman–Crippen MR) is 131 cm³/mol. The Bertz CT molecular complexity index is 902. The number of carboxylic acids is 2. The van der Waals surface area contributed by atoms with E-state index in [1.807, 2.05) is 74.5 Å². The van der Waals surface area contributed by atoms with Crippen molar-refractivity contribution in [3.05, 3.63) is 96.1 Å². The van der Waals surface area contributed by atoms with E-state index in [2.05, 4.69) is 27.0 Å². The minimum absolute atomic E-state index is 0.193. The molecule has 172 valence electrons. The first-order chi connectivity index (χ1) is 15.1. The highest BCUT2D eigenvalue weighted by Crippen LogP contribution is 2.39. The number of benzene rings is 2. The van der Waals surface area contributed by atoms with Crippen molar-refractivity contribution in [3.63, 3.8) is 0 Å². The number of carboxylic acid groups (broad SMARTS) is 2. The van der Waals surface area contributed by atoms with Gasteiger partial charge in [-0.05, 0) is 29.9 Å². The standard InChI is InChI=1S/C17H16O2.C11H20O2/c1-13(17(18)19)16(15-10-6-3-7-11-15)12-14-8-4-2-5-9-14;1-6-8(3)11(5,7-2)9(4)10(12)13/h2-11,16H,1,12H2,(H,18,19);8H,4,6-7H2,1-3,5H3,(H,12,13). The Morgan fingerprint density at radius 3 is 1.81 bits per heavy atom. The lowest BCUT2D eigenvalue weighted by Crippen LogP contribution is -2.30. The Morgan fingerprint density at radius 2 is 1.41 bits per heavy atom. The van der Waals surface area contributed by atoms with Crippen LogP contribution in [0.3, 0.4) is 0 Å². The number of hydrogen-bond acceptors (Lipinski definition) is 2. The third kappa shape index (κ3) is 7.23. The maximum absolute atomic E-state index is 11.2. The van der Waals surface area contributed by atoms with Crippen LogP contribution in [0.25, 0.3) is 0 Å². The van der Waals surface area contributed by atoms with Gasteiger partial charge in [-0.15, -0.1) is 0 Å². The Labute approximate surface area is 192 Å². The minimum Gasteiger partial charge on any atom is -0.478 e. The number of rotatable bonds is 10. The van der Waals surface area contributed by atoms with Gasteiger partial charge in [0, 0.05) is 22.5 Å². The summed E-state index contributed by atoms with van der Waals surface area (Å²) in [5.41, 5.74) is 2.40. The van der Waals surface area contributed by atoms with Crippen LogP contribution in [-0.2, 0) is 16.0 Å². The highest BCUT2D eigenvalue weighted by atomic mass is 16.4. The predicted octanol–water partition coefficient (Wildman–Crippen LogP) is 6.74. The van der Waals surface area contributed by atoms with Gasteiger partial charge in [-0.3, -0.25) is 0 Å². The Kier molecular flexibility index (Phi) is 10.6. The van der Waals surface area contributed by atoms with Gasteiger partial charge in [0.1, 0.15) is 0 Å². The third-order valence-corrected chi connectivity index (χ3v) is 6.56. The zero-order chi connectivity index (χ0) is 24.3. The lowest BCUT2D eigenvalue weighted by Gasteiger charge is -2.34. The van der Waals surface area contributed by atoms with Gasteiger partial charge in [0.25, 0.3) is 0 Å². The lowest BCUT2D eigenvalue weighted by atomic mass is 9.70. The van der Waals surface area contributed by atoms with Crippen molar-refractivity contribution < 1.29 is 19.8 Å². The normalized spacial score (nSPS) is 14.1. The molecule has 0 saturated carbocycles. The topological polar surface area (TPSA) is 74.6 Å². The third-order valence-electron chi connectivity index (χ3n) is 6.56. The van der Waals surface area contributed by atoms with Crippen LogP contribution >= 0.6 is 0 Å². The zero-order valence-corrected chi connectivity index (χ0v) is 19.7. The Morgan fingerprint density at radius 1 is 0.906 bits per heavy atom. The molecule has 0 aliphatic carbocycles. The van der Waals surface area contributed by atoms with E-state index >= 15 is 0 Å². The molecule has 2 aromatic carbocycles. The van der Waals surface area contributed by atoms with Gasteiger partial charge in [0.15, 0.2) is 0 Å². The molecule has 0 heterocycles. The summed E-state index contributed by atoms with van der Waals surface area (Å²) in [6.45, 7) is 15.6. The maximum atomic E-state index is 11.2. The molecular formula is C28H36O4. The van der Waals surface area contributed by atoms with Gasteiger partial charge in [-0.1, -0.05) is 108 Å². The van der Waals surface area contributed by atoms with Crippen LogP contribution in [0.15, 0.2) is 85.0 Å². The van der Waals surface area contributed by atoms with E-state index in [4.69, 9.17) is 5.11 Å². The molecule has 0 radical (unpaired) electrons. The van der Waals surface area contributed by atoms with Crippen LogP contribution in [-0.4, -0.2) is 22.2 Å². The monoisotopic (exact) mass is 436 g/mol. The quantitative estimate of drug-likeness (QED) is 0.404. The average molecular weight is 437 g/mol. The van der Waals surface area contributed by atoms with Gasteiger partial charge < -0.3 is 10.2 Å². The van der Waals surface area contributed by atoms with E-state index in [0.717, 1.165) is 24.0 Å². The SMILES string of the molecule is C=C(C(=O)O)C(C)(CC)C(C)CC.C=C(C(=O)O)C(Cc1ccccc1)c1ccccc1. The van der Waals surface area contributed by atoms with E-state index < -0.39 is 11.9 Å². The first-order valence-corrected chi connectivity index (χ1v) is 11.0. The van der Waals surface area contributed by atoms with Crippen LogP contribution in [0, 0.1) is 11.3 Å². The summed E-state index contributed by atoms with van der Waals surface area (Å²) in [6, 6.07) is 19.5. The van der Waals surface area contributed by atoms with Crippen molar-refractivity contribution >= 4 is 11.9 Å². The van der Waals surface area contributed by atoms with E-state index in [9.17, 15) is 14.7 Å². The first-order valence-electron chi connectivity index (χ1n) is 11.0. The second-order valence-electron chi connectivity index (χ2n) is 8.35.